The van der Waals surface area contributed by atoms with Crippen molar-refractivity contribution in [2.75, 3.05) is 4.90 Å². The quantitative estimate of drug-likeness (QED) is 0.156. The molecule has 0 aromatic heterocycles. The van der Waals surface area contributed by atoms with Crippen molar-refractivity contribution in [1.29, 1.82) is 0 Å². The summed E-state index contributed by atoms with van der Waals surface area (Å²) in [4.78, 5) is 2.45. The molecule has 0 unspecified atom stereocenters. The fourth-order valence-corrected chi connectivity index (χ4v) is 10.3. The minimum atomic E-state index is -0.123. The number of hydrogen-bond acceptors (Lipinski definition) is 1. The van der Waals surface area contributed by atoms with Crippen LogP contribution in [0.4, 0.5) is 17.1 Å². The lowest BCUT2D eigenvalue weighted by Gasteiger charge is -2.30. The molecule has 0 heterocycles. The van der Waals surface area contributed by atoms with Gasteiger partial charge >= 0.3 is 0 Å². The second-order valence-corrected chi connectivity index (χ2v) is 17.7. The first-order valence-corrected chi connectivity index (χ1v) is 21.5. The van der Waals surface area contributed by atoms with Crippen molar-refractivity contribution in [2.45, 2.75) is 38.5 Å². The largest absolute Gasteiger partial charge is 0.310 e. The summed E-state index contributed by atoms with van der Waals surface area (Å²) < 4.78 is 0. The van der Waals surface area contributed by atoms with Crippen molar-refractivity contribution in [3.8, 4) is 66.8 Å². The van der Waals surface area contributed by atoms with Crippen LogP contribution in [0.15, 0.2) is 212 Å². The van der Waals surface area contributed by atoms with Crippen molar-refractivity contribution in [3.63, 3.8) is 0 Å². The van der Waals surface area contributed by atoms with Gasteiger partial charge in [0.05, 0.1) is 5.69 Å². The van der Waals surface area contributed by atoms with Crippen LogP contribution in [0.25, 0.3) is 66.8 Å². The van der Waals surface area contributed by atoms with Gasteiger partial charge in [-0.15, -0.1) is 0 Å². The zero-order valence-electron chi connectivity index (χ0n) is 35.2. The van der Waals surface area contributed by atoms with Crippen LogP contribution in [0, 0.1) is 0 Å². The predicted octanol–water partition coefficient (Wildman–Crippen LogP) is 16.4. The predicted molar refractivity (Wildman–Crippen MR) is 258 cm³/mol. The van der Waals surface area contributed by atoms with E-state index in [1.54, 1.807) is 0 Å². The van der Waals surface area contributed by atoms with Gasteiger partial charge in [-0.05, 0) is 126 Å². The zero-order valence-corrected chi connectivity index (χ0v) is 35.2. The first-order valence-electron chi connectivity index (χ1n) is 21.5. The van der Waals surface area contributed by atoms with Crippen LogP contribution >= 0.6 is 0 Å². The van der Waals surface area contributed by atoms with Gasteiger partial charge in [-0.25, -0.2) is 0 Å². The molecule has 0 fully saturated rings. The topological polar surface area (TPSA) is 3.24 Å². The molecule has 2 aliphatic rings. The van der Waals surface area contributed by atoms with Gasteiger partial charge in [-0.1, -0.05) is 198 Å². The Morgan fingerprint density at radius 3 is 1.23 bits per heavy atom. The van der Waals surface area contributed by atoms with Gasteiger partial charge in [0.2, 0.25) is 0 Å². The summed E-state index contributed by atoms with van der Waals surface area (Å²) in [5.74, 6) is 0. The number of nitrogens with zero attached hydrogens (tertiary/aromatic N) is 1. The third kappa shape index (κ3) is 5.99. The van der Waals surface area contributed by atoms with Gasteiger partial charge in [-0.2, -0.15) is 0 Å². The van der Waals surface area contributed by atoms with Gasteiger partial charge in [0.15, 0.2) is 0 Å². The van der Waals surface area contributed by atoms with E-state index in [2.05, 4.69) is 245 Å². The molecule has 61 heavy (non-hydrogen) atoms. The number of anilines is 3. The maximum absolute atomic E-state index is 2.47. The van der Waals surface area contributed by atoms with E-state index in [4.69, 9.17) is 0 Å². The van der Waals surface area contributed by atoms with Gasteiger partial charge < -0.3 is 4.90 Å². The van der Waals surface area contributed by atoms with Gasteiger partial charge in [0.1, 0.15) is 0 Å². The highest BCUT2D eigenvalue weighted by atomic mass is 15.1. The van der Waals surface area contributed by atoms with E-state index in [9.17, 15) is 0 Å². The molecule has 292 valence electrons. The summed E-state index contributed by atoms with van der Waals surface area (Å²) in [6, 6.07) is 78.6. The number of hydrogen-bond donors (Lipinski definition) is 0. The molecule has 9 aromatic carbocycles. The van der Waals surface area contributed by atoms with Crippen LogP contribution in [-0.2, 0) is 10.8 Å². The fraction of sp³-hybridized carbons (Fsp3) is 0.100. The minimum absolute atomic E-state index is 0.0552. The van der Waals surface area contributed by atoms with Crippen LogP contribution in [0.5, 0.6) is 0 Å². The van der Waals surface area contributed by atoms with Gasteiger partial charge in [0, 0.05) is 27.8 Å². The third-order valence-corrected chi connectivity index (χ3v) is 13.5. The van der Waals surface area contributed by atoms with E-state index in [-0.39, 0.29) is 10.8 Å². The maximum atomic E-state index is 2.47. The fourth-order valence-electron chi connectivity index (χ4n) is 10.3. The molecule has 0 saturated carbocycles. The van der Waals surface area contributed by atoms with E-state index < -0.39 is 0 Å². The molecule has 0 saturated heterocycles. The Labute approximate surface area is 360 Å². The number of fused-ring (bicyclic) bond motifs is 6. The normalized spacial score (nSPS) is 13.8. The minimum Gasteiger partial charge on any atom is -0.310 e. The Balaban J connectivity index is 1.08. The van der Waals surface area contributed by atoms with E-state index in [0.29, 0.717) is 0 Å². The van der Waals surface area contributed by atoms with Crippen LogP contribution in [0.1, 0.15) is 49.9 Å². The molecule has 0 bridgehead atoms. The molecule has 0 atom stereocenters. The van der Waals surface area contributed by atoms with Gasteiger partial charge in [0.25, 0.3) is 0 Å². The molecule has 1 nitrogen and oxygen atoms in total. The first kappa shape index (κ1) is 36.8. The monoisotopic (exact) mass is 781 g/mol. The molecule has 0 aliphatic heterocycles. The lowest BCUT2D eigenvalue weighted by Crippen LogP contribution is -2.15. The lowest BCUT2D eigenvalue weighted by atomic mass is 9.81. The Kier molecular flexibility index (Phi) is 8.58. The first-order chi connectivity index (χ1) is 29.8. The zero-order chi connectivity index (χ0) is 41.3. The molecule has 0 spiro atoms. The Bertz CT molecular complexity index is 3100. The highest BCUT2D eigenvalue weighted by Gasteiger charge is 2.37. The second kappa shape index (κ2) is 14.2. The molecule has 0 radical (unpaired) electrons. The molecule has 11 rings (SSSR count). The Morgan fingerprint density at radius 1 is 0.279 bits per heavy atom. The standard InChI is InChI=1S/C60H47N/c1-59(2)53-23-13-11-20-49(53)51-36-30-44(38-55(51)59)42-28-34-47(35-29-42)61(46-32-26-41(27-33-46)40-16-7-5-8-17-40)57-25-15-22-48(43-18-9-6-10-19-43)58(57)45-31-37-52-50-21-12-14-24-54(50)60(3,4)56(52)39-45/h5-39H,1-4H3. The average molecular weight is 782 g/mol. The van der Waals surface area contributed by atoms with Crippen molar-refractivity contribution in [1.82, 2.24) is 0 Å². The summed E-state index contributed by atoms with van der Waals surface area (Å²) in [5.41, 5.74) is 23.7. The smallest absolute Gasteiger partial charge is 0.0546 e. The van der Waals surface area contributed by atoms with Crippen LogP contribution in [0.2, 0.25) is 0 Å². The summed E-state index contributed by atoms with van der Waals surface area (Å²) in [6.45, 7) is 9.45. The Hall–Kier alpha value is -7.22. The molecule has 9 aromatic rings. The number of rotatable bonds is 7. The van der Waals surface area contributed by atoms with Crippen molar-refractivity contribution < 1.29 is 0 Å². The summed E-state index contributed by atoms with van der Waals surface area (Å²) in [5, 5.41) is 0. The van der Waals surface area contributed by atoms with Crippen molar-refractivity contribution in [3.05, 3.63) is 235 Å². The third-order valence-electron chi connectivity index (χ3n) is 13.5. The maximum Gasteiger partial charge on any atom is 0.0546 e. The summed E-state index contributed by atoms with van der Waals surface area (Å²) in [7, 11) is 0. The summed E-state index contributed by atoms with van der Waals surface area (Å²) in [6.07, 6.45) is 0. The molecule has 0 N–H and O–H groups in total. The van der Waals surface area contributed by atoms with Crippen LogP contribution in [0.3, 0.4) is 0 Å². The van der Waals surface area contributed by atoms with E-state index in [1.807, 2.05) is 0 Å². The van der Waals surface area contributed by atoms with Crippen LogP contribution in [-0.4, -0.2) is 0 Å². The van der Waals surface area contributed by atoms with E-state index in [0.717, 1.165) is 17.1 Å². The molecular formula is C60H47N. The highest BCUT2D eigenvalue weighted by molar-refractivity contribution is 5.98. The molecule has 0 amide bonds. The van der Waals surface area contributed by atoms with Crippen molar-refractivity contribution >= 4 is 17.1 Å². The summed E-state index contributed by atoms with van der Waals surface area (Å²) >= 11 is 0. The SMILES string of the molecule is CC1(C)c2ccccc2-c2ccc(-c3ccc(N(c4ccc(-c5ccccc5)cc4)c4cccc(-c5ccccc5)c4-c4ccc5c(c4)C(C)(C)c4ccccc4-5)cc3)cc21. The molecular weight excluding hydrogens is 735 g/mol. The van der Waals surface area contributed by atoms with E-state index >= 15 is 0 Å². The Morgan fingerprint density at radius 2 is 0.672 bits per heavy atom. The average Bonchev–Trinajstić information content (AvgIpc) is 3.69. The molecule has 2 aliphatic carbocycles. The highest BCUT2D eigenvalue weighted by Crippen LogP contribution is 2.53. The number of benzene rings is 9. The lowest BCUT2D eigenvalue weighted by molar-refractivity contribution is 0.660. The van der Waals surface area contributed by atoms with Crippen molar-refractivity contribution in [2.24, 2.45) is 0 Å². The molecule has 1 heteroatoms. The van der Waals surface area contributed by atoms with E-state index in [1.165, 1.54) is 89.0 Å². The second-order valence-electron chi connectivity index (χ2n) is 17.7. The van der Waals surface area contributed by atoms with Gasteiger partial charge in [-0.3, -0.25) is 0 Å². The van der Waals surface area contributed by atoms with Crippen LogP contribution < -0.4 is 4.90 Å².